The molecule has 0 unspecified atom stereocenters. The molecular weight excluding hydrogens is 327 g/mol. The number of methoxy groups -OCH3 is 1. The highest BCUT2D eigenvalue weighted by Crippen LogP contribution is 2.39. The summed E-state index contributed by atoms with van der Waals surface area (Å²) in [6.07, 6.45) is 0. The van der Waals surface area contributed by atoms with E-state index >= 15 is 0 Å². The van der Waals surface area contributed by atoms with E-state index in [9.17, 15) is 17.9 Å². The quantitative estimate of drug-likeness (QED) is 0.863. The third-order valence-electron chi connectivity index (χ3n) is 1.78. The molecule has 90 valence electrons. The molecule has 0 spiro atoms. The Morgan fingerprint density at radius 1 is 1.62 bits per heavy atom. The Morgan fingerprint density at radius 2 is 2.19 bits per heavy atom. The summed E-state index contributed by atoms with van der Waals surface area (Å²) in [5.74, 6) is -2.32. The molecule has 0 aliphatic carbocycles. The van der Waals surface area contributed by atoms with E-state index in [0.29, 0.717) is 0 Å². The Kier molecular flexibility index (Phi) is 4.03. The Balaban J connectivity index is 3.40. The Labute approximate surface area is 105 Å². The minimum atomic E-state index is -3.96. The highest BCUT2D eigenvalue weighted by molar-refractivity contribution is 9.10. The summed E-state index contributed by atoms with van der Waals surface area (Å²) >= 11 is 2.96. The summed E-state index contributed by atoms with van der Waals surface area (Å²) in [5.41, 5.74) is -0.421. The molecule has 1 aromatic carbocycles. The van der Waals surface area contributed by atoms with Gasteiger partial charge in [0.15, 0.2) is 11.5 Å². The molecule has 4 nitrogen and oxygen atoms in total. The van der Waals surface area contributed by atoms with E-state index in [1.165, 1.54) is 7.11 Å². The van der Waals surface area contributed by atoms with E-state index in [1.807, 2.05) is 0 Å². The fourth-order valence-electron chi connectivity index (χ4n) is 1.13. The number of benzene rings is 1. The van der Waals surface area contributed by atoms with E-state index in [-0.39, 0.29) is 10.2 Å². The maximum atomic E-state index is 13.4. The molecule has 0 aromatic heterocycles. The van der Waals surface area contributed by atoms with Crippen molar-refractivity contribution in [2.75, 3.05) is 7.11 Å². The smallest absolute Gasteiger partial charge is 0.237 e. The van der Waals surface area contributed by atoms with Gasteiger partial charge in [0.1, 0.15) is 5.82 Å². The van der Waals surface area contributed by atoms with Gasteiger partial charge in [-0.25, -0.2) is 12.8 Å². The fraction of sp³-hybridized carbons (Fsp3) is 0.250. The molecule has 0 saturated heterocycles. The standard InChI is InChI=1S/C8H7BrClFO4S/c1-15-8-5(9)2-6(11)4(7(8)12)3-16(10,13)14/h2,12H,3H2,1H3. The second kappa shape index (κ2) is 4.77. The number of ether oxygens (including phenoxy) is 1. The third kappa shape index (κ3) is 2.99. The van der Waals surface area contributed by atoms with Crippen molar-refractivity contribution in [1.82, 2.24) is 0 Å². The Morgan fingerprint density at radius 3 is 2.62 bits per heavy atom. The number of phenolic OH excluding ortho intramolecular Hbond substituents is 1. The van der Waals surface area contributed by atoms with Gasteiger partial charge >= 0.3 is 0 Å². The zero-order chi connectivity index (χ0) is 12.5. The molecule has 0 bridgehead atoms. The van der Waals surface area contributed by atoms with E-state index < -0.39 is 31.9 Å². The summed E-state index contributed by atoms with van der Waals surface area (Å²) < 4.78 is 40.0. The summed E-state index contributed by atoms with van der Waals surface area (Å²) in [4.78, 5) is 0. The van der Waals surface area contributed by atoms with Crippen LogP contribution in [0.5, 0.6) is 11.5 Å². The molecule has 0 radical (unpaired) electrons. The predicted molar refractivity (Wildman–Crippen MR) is 60.8 cm³/mol. The first-order valence-corrected chi connectivity index (χ1v) is 7.19. The van der Waals surface area contributed by atoms with Crippen LogP contribution in [0.4, 0.5) is 4.39 Å². The SMILES string of the molecule is COc1c(Br)cc(F)c(CS(=O)(=O)Cl)c1O. The van der Waals surface area contributed by atoms with Crippen molar-refractivity contribution >= 4 is 35.7 Å². The summed E-state index contributed by atoms with van der Waals surface area (Å²) in [6.45, 7) is 0. The van der Waals surface area contributed by atoms with E-state index in [2.05, 4.69) is 15.9 Å². The minimum absolute atomic E-state index is 0.0447. The number of phenols is 1. The van der Waals surface area contributed by atoms with Crippen LogP contribution in [-0.2, 0) is 14.8 Å². The van der Waals surface area contributed by atoms with E-state index in [1.54, 1.807) is 0 Å². The van der Waals surface area contributed by atoms with Gasteiger partial charge in [0.2, 0.25) is 9.05 Å². The van der Waals surface area contributed by atoms with Gasteiger partial charge in [0, 0.05) is 16.2 Å². The maximum Gasteiger partial charge on any atom is 0.237 e. The van der Waals surface area contributed by atoms with Gasteiger partial charge in [-0.3, -0.25) is 0 Å². The largest absolute Gasteiger partial charge is 0.504 e. The average Bonchev–Trinajstić information content (AvgIpc) is 2.11. The van der Waals surface area contributed by atoms with Crippen LogP contribution in [0, 0.1) is 5.82 Å². The van der Waals surface area contributed by atoms with Crippen molar-refractivity contribution < 1.29 is 22.7 Å². The molecule has 8 heteroatoms. The molecule has 0 heterocycles. The van der Waals surface area contributed by atoms with Crippen LogP contribution in [0.2, 0.25) is 0 Å². The molecule has 0 amide bonds. The summed E-state index contributed by atoms with van der Waals surface area (Å²) in [5, 5.41) is 9.60. The lowest BCUT2D eigenvalue weighted by atomic mass is 10.2. The number of rotatable bonds is 3. The highest BCUT2D eigenvalue weighted by Gasteiger charge is 2.21. The van der Waals surface area contributed by atoms with Crippen LogP contribution >= 0.6 is 26.6 Å². The van der Waals surface area contributed by atoms with Gasteiger partial charge < -0.3 is 9.84 Å². The molecule has 0 aliphatic rings. The van der Waals surface area contributed by atoms with Crippen molar-refractivity contribution in [3.63, 3.8) is 0 Å². The monoisotopic (exact) mass is 332 g/mol. The normalized spacial score (nSPS) is 11.5. The van der Waals surface area contributed by atoms with Gasteiger partial charge in [0.05, 0.1) is 17.3 Å². The zero-order valence-corrected chi connectivity index (χ0v) is 11.2. The number of aromatic hydroxyl groups is 1. The summed E-state index contributed by atoms with van der Waals surface area (Å²) in [6, 6.07) is 0.996. The van der Waals surface area contributed by atoms with Crippen LogP contribution in [0.25, 0.3) is 0 Å². The van der Waals surface area contributed by atoms with E-state index in [0.717, 1.165) is 6.07 Å². The first kappa shape index (κ1) is 13.5. The van der Waals surface area contributed by atoms with Gasteiger partial charge in [-0.2, -0.15) is 0 Å². The number of hydrogen-bond donors (Lipinski definition) is 1. The fourth-order valence-corrected chi connectivity index (χ4v) is 2.63. The molecule has 0 atom stereocenters. The van der Waals surface area contributed by atoms with Gasteiger partial charge in [-0.05, 0) is 22.0 Å². The van der Waals surface area contributed by atoms with Crippen LogP contribution in [0.15, 0.2) is 10.5 Å². The van der Waals surface area contributed by atoms with Crippen molar-refractivity contribution in [2.24, 2.45) is 0 Å². The second-order valence-corrected chi connectivity index (χ2v) is 6.52. The lowest BCUT2D eigenvalue weighted by Gasteiger charge is -2.10. The molecule has 0 saturated carbocycles. The van der Waals surface area contributed by atoms with Crippen LogP contribution < -0.4 is 4.74 Å². The number of halogens is 3. The molecule has 0 aliphatic heterocycles. The van der Waals surface area contributed by atoms with E-state index in [4.69, 9.17) is 15.4 Å². The first-order chi connectivity index (χ1) is 7.26. The zero-order valence-electron chi connectivity index (χ0n) is 8.00. The lowest BCUT2D eigenvalue weighted by molar-refractivity contribution is 0.365. The molecule has 1 rings (SSSR count). The van der Waals surface area contributed by atoms with Gasteiger partial charge in [-0.15, -0.1) is 0 Å². The first-order valence-electron chi connectivity index (χ1n) is 3.92. The van der Waals surface area contributed by atoms with Crippen LogP contribution in [0.3, 0.4) is 0 Å². The third-order valence-corrected chi connectivity index (χ3v) is 3.33. The molecule has 0 fully saturated rings. The van der Waals surface area contributed by atoms with Crippen molar-refractivity contribution in [1.29, 1.82) is 0 Å². The minimum Gasteiger partial charge on any atom is -0.504 e. The maximum absolute atomic E-state index is 13.4. The molecule has 1 aromatic rings. The van der Waals surface area contributed by atoms with Crippen LogP contribution in [0.1, 0.15) is 5.56 Å². The van der Waals surface area contributed by atoms with Crippen LogP contribution in [-0.4, -0.2) is 20.6 Å². The summed E-state index contributed by atoms with van der Waals surface area (Å²) in [7, 11) is 2.29. The number of hydrogen-bond acceptors (Lipinski definition) is 4. The van der Waals surface area contributed by atoms with Crippen molar-refractivity contribution in [2.45, 2.75) is 5.75 Å². The molecule has 16 heavy (non-hydrogen) atoms. The van der Waals surface area contributed by atoms with Crippen molar-refractivity contribution in [3.05, 3.63) is 21.9 Å². The Hall–Kier alpha value is -0.530. The lowest BCUT2D eigenvalue weighted by Crippen LogP contribution is -2.01. The predicted octanol–water partition coefficient (Wildman–Crippen LogP) is 2.37. The molecular formula is C8H7BrClFO4S. The second-order valence-electron chi connectivity index (χ2n) is 2.88. The molecule has 1 N–H and O–H groups in total. The Bertz CT molecular complexity index is 517. The topological polar surface area (TPSA) is 63.6 Å². The van der Waals surface area contributed by atoms with Crippen molar-refractivity contribution in [3.8, 4) is 11.5 Å². The highest BCUT2D eigenvalue weighted by atomic mass is 79.9. The average molecular weight is 334 g/mol. The van der Waals surface area contributed by atoms with Gasteiger partial charge in [0.25, 0.3) is 0 Å². The van der Waals surface area contributed by atoms with Gasteiger partial charge in [-0.1, -0.05) is 0 Å².